The van der Waals surface area contributed by atoms with Crippen molar-refractivity contribution in [3.05, 3.63) is 23.2 Å². The van der Waals surface area contributed by atoms with Crippen LogP contribution in [0.5, 0.6) is 0 Å². The summed E-state index contributed by atoms with van der Waals surface area (Å²) in [6, 6.07) is 5.30. The first kappa shape index (κ1) is 16.1. The van der Waals surface area contributed by atoms with Crippen LogP contribution in [-0.4, -0.2) is 34.9 Å². The number of benzene rings is 1. The zero-order valence-electron chi connectivity index (χ0n) is 11.5. The Balaban J connectivity index is 2.06. The molecule has 0 saturated carbocycles. The van der Waals surface area contributed by atoms with E-state index in [0.29, 0.717) is 23.6 Å². The minimum Gasteiger partial charge on any atom is -0.479 e. The fraction of sp³-hybridized carbons (Fsp3) is 0.429. The van der Waals surface area contributed by atoms with Crippen LogP contribution in [0.1, 0.15) is 19.8 Å². The molecule has 1 fully saturated rings. The molecule has 1 aromatic rings. The number of carbonyl (C=O) groups excluding carboxylic acids is 1. The number of ether oxygens (including phenoxy) is 1. The quantitative estimate of drug-likeness (QED) is 0.812. The highest BCUT2D eigenvalue weighted by atomic mass is 35.5. The van der Waals surface area contributed by atoms with E-state index in [0.717, 1.165) is 10.6 Å². The number of aliphatic carboxylic acids is 1. The number of nitrogens with one attached hydrogen (secondary N) is 1. The zero-order chi connectivity index (χ0) is 15.4. The molecule has 2 atom stereocenters. The standard InChI is InChI=1S/C14H16ClNO4S/c1-2-21-12-6-3-8(15)7-9(12)16-13(17)10-4-5-11(20-10)14(18)19/h3,6-7,10-11H,2,4-5H2,1H3,(H,16,17)(H,18,19)/t10-,11+/m0/s1. The number of carboxylic acid groups (broad SMARTS) is 1. The van der Waals surface area contributed by atoms with E-state index in [-0.39, 0.29) is 5.91 Å². The van der Waals surface area contributed by atoms with Crippen LogP contribution >= 0.6 is 23.4 Å². The number of hydrogen-bond donors (Lipinski definition) is 2. The molecule has 2 N–H and O–H groups in total. The molecule has 0 aromatic heterocycles. The maximum atomic E-state index is 12.2. The summed E-state index contributed by atoms with van der Waals surface area (Å²) in [5, 5.41) is 12.2. The van der Waals surface area contributed by atoms with Crippen molar-refractivity contribution in [2.75, 3.05) is 11.1 Å². The Labute approximate surface area is 132 Å². The Kier molecular flexibility index (Phi) is 5.50. The normalized spacial score (nSPS) is 21.2. The Morgan fingerprint density at radius 3 is 2.76 bits per heavy atom. The lowest BCUT2D eigenvalue weighted by Gasteiger charge is -2.14. The maximum absolute atomic E-state index is 12.2. The number of carbonyl (C=O) groups is 2. The number of hydrogen-bond acceptors (Lipinski definition) is 4. The number of rotatable bonds is 5. The molecule has 1 aromatic carbocycles. The summed E-state index contributed by atoms with van der Waals surface area (Å²) in [5.74, 6) is -0.500. The number of carboxylic acids is 1. The van der Waals surface area contributed by atoms with Crippen molar-refractivity contribution in [3.8, 4) is 0 Å². The highest BCUT2D eigenvalue weighted by molar-refractivity contribution is 7.99. The highest BCUT2D eigenvalue weighted by Crippen LogP contribution is 2.31. The largest absolute Gasteiger partial charge is 0.479 e. The van der Waals surface area contributed by atoms with Gasteiger partial charge in [0.05, 0.1) is 5.69 Å². The van der Waals surface area contributed by atoms with Gasteiger partial charge in [0.1, 0.15) is 6.10 Å². The third kappa shape index (κ3) is 4.12. The van der Waals surface area contributed by atoms with Crippen molar-refractivity contribution in [2.45, 2.75) is 36.9 Å². The molecule has 0 bridgehead atoms. The van der Waals surface area contributed by atoms with Crippen molar-refractivity contribution in [1.82, 2.24) is 0 Å². The van der Waals surface area contributed by atoms with Crippen LogP contribution in [0.2, 0.25) is 5.02 Å². The van der Waals surface area contributed by atoms with E-state index in [1.165, 1.54) is 0 Å². The minimum absolute atomic E-state index is 0.334. The number of halogens is 1. The van der Waals surface area contributed by atoms with Crippen LogP contribution in [0.25, 0.3) is 0 Å². The molecule has 2 rings (SSSR count). The summed E-state index contributed by atoms with van der Waals surface area (Å²) in [5.41, 5.74) is 0.627. The second-order valence-corrected chi connectivity index (χ2v) is 6.33. The van der Waals surface area contributed by atoms with Crippen LogP contribution in [-0.2, 0) is 14.3 Å². The van der Waals surface area contributed by atoms with Crippen molar-refractivity contribution in [1.29, 1.82) is 0 Å². The third-order valence-corrected chi connectivity index (χ3v) is 4.28. The summed E-state index contributed by atoms with van der Waals surface area (Å²) < 4.78 is 5.24. The summed E-state index contributed by atoms with van der Waals surface area (Å²) in [7, 11) is 0. The molecule has 0 spiro atoms. The van der Waals surface area contributed by atoms with E-state index in [9.17, 15) is 9.59 Å². The lowest BCUT2D eigenvalue weighted by molar-refractivity contribution is -0.150. The van der Waals surface area contributed by atoms with E-state index in [2.05, 4.69) is 5.32 Å². The molecule has 1 heterocycles. The van der Waals surface area contributed by atoms with Gasteiger partial charge in [0.2, 0.25) is 0 Å². The average molecular weight is 330 g/mol. The van der Waals surface area contributed by atoms with E-state index in [1.807, 2.05) is 13.0 Å². The molecule has 5 nitrogen and oxygen atoms in total. The smallest absolute Gasteiger partial charge is 0.332 e. The average Bonchev–Trinajstić information content (AvgIpc) is 2.92. The Morgan fingerprint density at radius 2 is 2.14 bits per heavy atom. The van der Waals surface area contributed by atoms with Gasteiger partial charge in [0, 0.05) is 9.92 Å². The van der Waals surface area contributed by atoms with Gasteiger partial charge in [-0.05, 0) is 36.8 Å². The first-order valence-electron chi connectivity index (χ1n) is 6.62. The van der Waals surface area contributed by atoms with E-state index in [4.69, 9.17) is 21.4 Å². The Morgan fingerprint density at radius 1 is 1.43 bits per heavy atom. The summed E-state index contributed by atoms with van der Waals surface area (Å²) in [6.45, 7) is 2.02. The molecule has 21 heavy (non-hydrogen) atoms. The maximum Gasteiger partial charge on any atom is 0.332 e. The molecule has 0 unspecified atom stereocenters. The SMILES string of the molecule is CCSc1ccc(Cl)cc1NC(=O)[C@@H]1CC[C@H](C(=O)O)O1. The van der Waals surface area contributed by atoms with Crippen molar-refractivity contribution >= 4 is 40.9 Å². The van der Waals surface area contributed by atoms with Crippen molar-refractivity contribution in [3.63, 3.8) is 0 Å². The second kappa shape index (κ2) is 7.15. The number of anilines is 1. The molecular formula is C14H16ClNO4S. The van der Waals surface area contributed by atoms with Gasteiger partial charge in [-0.25, -0.2) is 4.79 Å². The molecule has 1 amide bonds. The lowest BCUT2D eigenvalue weighted by Crippen LogP contribution is -2.30. The van der Waals surface area contributed by atoms with Gasteiger partial charge in [0.15, 0.2) is 6.10 Å². The van der Waals surface area contributed by atoms with E-state index >= 15 is 0 Å². The van der Waals surface area contributed by atoms with Gasteiger partial charge in [0.25, 0.3) is 5.91 Å². The molecule has 0 radical (unpaired) electrons. The van der Waals surface area contributed by atoms with Crippen LogP contribution in [0.3, 0.4) is 0 Å². The fourth-order valence-electron chi connectivity index (χ4n) is 2.11. The van der Waals surface area contributed by atoms with E-state index in [1.54, 1.807) is 23.9 Å². The van der Waals surface area contributed by atoms with Gasteiger partial charge in [-0.1, -0.05) is 18.5 Å². The van der Waals surface area contributed by atoms with Crippen LogP contribution < -0.4 is 5.32 Å². The van der Waals surface area contributed by atoms with Gasteiger partial charge in [-0.15, -0.1) is 11.8 Å². The van der Waals surface area contributed by atoms with Crippen molar-refractivity contribution < 1.29 is 19.4 Å². The predicted octanol–water partition coefficient (Wildman–Crippen LogP) is 3.02. The first-order chi connectivity index (χ1) is 10.0. The zero-order valence-corrected chi connectivity index (χ0v) is 13.0. The minimum atomic E-state index is -1.03. The molecule has 1 aliphatic rings. The monoisotopic (exact) mass is 329 g/mol. The summed E-state index contributed by atoms with van der Waals surface area (Å²) in [6.07, 6.45) is -0.881. The van der Waals surface area contributed by atoms with Gasteiger partial charge >= 0.3 is 5.97 Å². The van der Waals surface area contributed by atoms with Gasteiger partial charge in [-0.2, -0.15) is 0 Å². The molecule has 114 valence electrons. The molecule has 7 heteroatoms. The number of amides is 1. The Hall–Kier alpha value is -1.24. The lowest BCUT2D eigenvalue weighted by atomic mass is 10.2. The molecule has 0 aliphatic carbocycles. The molecule has 1 aliphatic heterocycles. The molecular weight excluding hydrogens is 314 g/mol. The highest BCUT2D eigenvalue weighted by Gasteiger charge is 2.34. The van der Waals surface area contributed by atoms with Gasteiger partial charge in [-0.3, -0.25) is 4.79 Å². The molecule has 1 saturated heterocycles. The summed E-state index contributed by atoms with van der Waals surface area (Å²) in [4.78, 5) is 23.9. The van der Waals surface area contributed by atoms with Crippen molar-refractivity contribution in [2.24, 2.45) is 0 Å². The fourth-order valence-corrected chi connectivity index (χ4v) is 3.02. The van der Waals surface area contributed by atoms with E-state index < -0.39 is 18.2 Å². The predicted molar refractivity (Wildman–Crippen MR) is 82.0 cm³/mol. The van der Waals surface area contributed by atoms with Crippen LogP contribution in [0.15, 0.2) is 23.1 Å². The summed E-state index contributed by atoms with van der Waals surface area (Å²) >= 11 is 7.55. The van der Waals surface area contributed by atoms with Crippen LogP contribution in [0.4, 0.5) is 5.69 Å². The third-order valence-electron chi connectivity index (χ3n) is 3.09. The first-order valence-corrected chi connectivity index (χ1v) is 7.99. The van der Waals surface area contributed by atoms with Gasteiger partial charge < -0.3 is 15.2 Å². The Bertz CT molecular complexity index is 552. The second-order valence-electron chi connectivity index (χ2n) is 4.59. The number of thioether (sulfide) groups is 1. The topological polar surface area (TPSA) is 75.6 Å². The van der Waals surface area contributed by atoms with Crippen LogP contribution in [0, 0.1) is 0 Å².